The van der Waals surface area contributed by atoms with E-state index in [1.165, 1.54) is 12.8 Å². The molecule has 4 rings (SSSR count). The second-order valence-corrected chi connectivity index (χ2v) is 6.16. The molecular weight excluding hydrogens is 276 g/mol. The summed E-state index contributed by atoms with van der Waals surface area (Å²) in [6.45, 7) is 3.34. The van der Waals surface area contributed by atoms with Crippen LogP contribution in [-0.4, -0.2) is 38.8 Å². The van der Waals surface area contributed by atoms with Crippen LogP contribution in [0, 0.1) is 6.92 Å². The van der Waals surface area contributed by atoms with Crippen molar-refractivity contribution in [2.45, 2.75) is 31.6 Å². The van der Waals surface area contributed by atoms with Crippen molar-refractivity contribution in [2.24, 2.45) is 0 Å². The highest BCUT2D eigenvalue weighted by atomic mass is 16.2. The van der Waals surface area contributed by atoms with Gasteiger partial charge in [0.1, 0.15) is 5.82 Å². The molecule has 0 radical (unpaired) electrons. The van der Waals surface area contributed by atoms with Crippen molar-refractivity contribution in [1.29, 1.82) is 0 Å². The molecule has 1 saturated carbocycles. The lowest BCUT2D eigenvalue weighted by molar-refractivity contribution is 0.0597. The minimum atomic E-state index is 0.0343. The molecule has 1 saturated heterocycles. The van der Waals surface area contributed by atoms with Gasteiger partial charge in [0.05, 0.1) is 11.3 Å². The molecule has 1 aliphatic carbocycles. The van der Waals surface area contributed by atoms with Crippen LogP contribution < -0.4 is 0 Å². The summed E-state index contributed by atoms with van der Waals surface area (Å²) in [6, 6.07) is 5.92. The molecular formula is C17H18N4O. The quantitative estimate of drug-likeness (QED) is 0.871. The first-order chi connectivity index (χ1) is 10.7. The van der Waals surface area contributed by atoms with Crippen LogP contribution in [0.3, 0.4) is 0 Å². The van der Waals surface area contributed by atoms with Gasteiger partial charge in [-0.3, -0.25) is 9.78 Å². The lowest BCUT2D eigenvalue weighted by atomic mass is 9.95. The van der Waals surface area contributed by atoms with Gasteiger partial charge in [-0.25, -0.2) is 9.97 Å². The Morgan fingerprint density at radius 2 is 2.00 bits per heavy atom. The maximum Gasteiger partial charge on any atom is 0.257 e. The number of carbonyl (C=O) groups excluding carboxylic acids is 1. The average molecular weight is 294 g/mol. The molecule has 1 aliphatic heterocycles. The maximum absolute atomic E-state index is 12.5. The molecule has 2 aromatic heterocycles. The van der Waals surface area contributed by atoms with E-state index >= 15 is 0 Å². The van der Waals surface area contributed by atoms with Crippen molar-refractivity contribution >= 4 is 5.91 Å². The van der Waals surface area contributed by atoms with Crippen molar-refractivity contribution in [1.82, 2.24) is 19.9 Å². The zero-order valence-corrected chi connectivity index (χ0v) is 12.6. The van der Waals surface area contributed by atoms with Gasteiger partial charge in [0.25, 0.3) is 5.91 Å². The summed E-state index contributed by atoms with van der Waals surface area (Å²) in [4.78, 5) is 27.6. The Morgan fingerprint density at radius 3 is 2.64 bits per heavy atom. The Bertz CT molecular complexity index is 706. The fourth-order valence-electron chi connectivity index (χ4n) is 2.85. The maximum atomic E-state index is 12.5. The normalized spacial score (nSPS) is 18.1. The van der Waals surface area contributed by atoms with Crippen molar-refractivity contribution in [3.63, 3.8) is 0 Å². The van der Waals surface area contributed by atoms with Crippen molar-refractivity contribution < 1.29 is 4.79 Å². The summed E-state index contributed by atoms with van der Waals surface area (Å²) in [5, 5.41) is 0. The molecule has 0 aromatic carbocycles. The largest absolute Gasteiger partial charge is 0.337 e. The molecule has 0 N–H and O–H groups in total. The number of pyridine rings is 1. The van der Waals surface area contributed by atoms with E-state index in [4.69, 9.17) is 0 Å². The average Bonchev–Trinajstić information content (AvgIpc) is 3.31. The highest BCUT2D eigenvalue weighted by molar-refractivity contribution is 5.95. The van der Waals surface area contributed by atoms with Crippen LogP contribution in [0.2, 0.25) is 0 Å². The van der Waals surface area contributed by atoms with Gasteiger partial charge in [0.2, 0.25) is 0 Å². The van der Waals surface area contributed by atoms with Crippen molar-refractivity contribution in [2.75, 3.05) is 13.1 Å². The Hall–Kier alpha value is -2.30. The number of likely N-dealkylation sites (tertiary alicyclic amines) is 1. The Labute approximate surface area is 129 Å². The topological polar surface area (TPSA) is 59.0 Å². The molecule has 112 valence electrons. The summed E-state index contributed by atoms with van der Waals surface area (Å²) in [6.07, 6.45) is 5.84. The Kier molecular flexibility index (Phi) is 3.13. The van der Waals surface area contributed by atoms with Crippen LogP contribution in [0.25, 0.3) is 0 Å². The Balaban J connectivity index is 1.45. The van der Waals surface area contributed by atoms with E-state index in [9.17, 15) is 4.79 Å². The van der Waals surface area contributed by atoms with E-state index in [-0.39, 0.29) is 5.91 Å². The molecule has 2 aliphatic rings. The highest BCUT2D eigenvalue weighted by Crippen LogP contribution is 2.38. The smallest absolute Gasteiger partial charge is 0.257 e. The molecule has 0 bridgehead atoms. The second kappa shape index (κ2) is 5.16. The minimum absolute atomic E-state index is 0.0343. The number of hydrogen-bond acceptors (Lipinski definition) is 4. The standard InChI is InChI=1S/C17H18N4O/c1-11-14(8-19-16(20-11)12-5-6-12)17(22)21-9-13(10-21)15-4-2-3-7-18-15/h2-4,7-8,12-13H,5-6,9-10H2,1H3. The van der Waals surface area contributed by atoms with Gasteiger partial charge in [0, 0.05) is 43.0 Å². The van der Waals surface area contributed by atoms with Crippen molar-refractivity contribution in [3.05, 3.63) is 53.4 Å². The number of hydrogen-bond donors (Lipinski definition) is 0. The predicted octanol–water partition coefficient (Wildman–Crippen LogP) is 2.30. The molecule has 0 spiro atoms. The summed E-state index contributed by atoms with van der Waals surface area (Å²) < 4.78 is 0. The summed E-state index contributed by atoms with van der Waals surface area (Å²) in [5.41, 5.74) is 2.48. The SMILES string of the molecule is Cc1nc(C2CC2)ncc1C(=O)N1CC(c2ccccn2)C1. The molecule has 5 nitrogen and oxygen atoms in total. The number of rotatable bonds is 3. The third-order valence-corrected chi connectivity index (χ3v) is 4.45. The lowest BCUT2D eigenvalue weighted by Crippen LogP contribution is -2.49. The van der Waals surface area contributed by atoms with Gasteiger partial charge >= 0.3 is 0 Å². The van der Waals surface area contributed by atoms with Crippen LogP contribution in [0.15, 0.2) is 30.6 Å². The van der Waals surface area contributed by atoms with Gasteiger partial charge < -0.3 is 4.90 Å². The molecule has 5 heteroatoms. The van der Waals surface area contributed by atoms with Crippen LogP contribution in [0.4, 0.5) is 0 Å². The first-order valence-corrected chi connectivity index (χ1v) is 7.76. The molecule has 3 heterocycles. The number of amides is 1. The van der Waals surface area contributed by atoms with E-state index in [1.54, 1.807) is 12.4 Å². The van der Waals surface area contributed by atoms with Crippen molar-refractivity contribution in [3.8, 4) is 0 Å². The third kappa shape index (κ3) is 2.36. The van der Waals surface area contributed by atoms with E-state index < -0.39 is 0 Å². The van der Waals surface area contributed by atoms with Gasteiger partial charge in [-0.2, -0.15) is 0 Å². The molecule has 0 unspecified atom stereocenters. The van der Waals surface area contributed by atoms with Gasteiger partial charge in [-0.1, -0.05) is 6.07 Å². The first kappa shape index (κ1) is 13.4. The number of aromatic nitrogens is 3. The Morgan fingerprint density at radius 1 is 1.18 bits per heavy atom. The van der Waals surface area contributed by atoms with E-state index in [0.29, 0.717) is 17.4 Å². The zero-order valence-electron chi connectivity index (χ0n) is 12.6. The van der Waals surface area contributed by atoms with Crippen LogP contribution in [0.5, 0.6) is 0 Å². The monoisotopic (exact) mass is 294 g/mol. The van der Waals surface area contributed by atoms with Crippen LogP contribution in [-0.2, 0) is 0 Å². The fraction of sp³-hybridized carbons (Fsp3) is 0.412. The summed E-state index contributed by atoms with van der Waals surface area (Å²) >= 11 is 0. The van der Waals surface area contributed by atoms with E-state index in [1.807, 2.05) is 30.0 Å². The van der Waals surface area contributed by atoms with Crippen LogP contribution in [0.1, 0.15) is 52.2 Å². The molecule has 2 aromatic rings. The molecule has 22 heavy (non-hydrogen) atoms. The number of nitrogens with zero attached hydrogens (tertiary/aromatic N) is 4. The molecule has 2 fully saturated rings. The minimum Gasteiger partial charge on any atom is -0.337 e. The van der Waals surface area contributed by atoms with Gasteiger partial charge in [0.15, 0.2) is 0 Å². The number of carbonyl (C=O) groups is 1. The highest BCUT2D eigenvalue weighted by Gasteiger charge is 2.34. The molecule has 1 amide bonds. The fourth-order valence-corrected chi connectivity index (χ4v) is 2.85. The first-order valence-electron chi connectivity index (χ1n) is 7.76. The summed E-state index contributed by atoms with van der Waals surface area (Å²) in [7, 11) is 0. The lowest BCUT2D eigenvalue weighted by Gasteiger charge is -2.39. The van der Waals surface area contributed by atoms with Gasteiger partial charge in [-0.15, -0.1) is 0 Å². The zero-order chi connectivity index (χ0) is 15.1. The predicted molar refractivity (Wildman–Crippen MR) is 81.6 cm³/mol. The molecule has 0 atom stereocenters. The summed E-state index contributed by atoms with van der Waals surface area (Å²) in [5.74, 6) is 1.79. The van der Waals surface area contributed by atoms with E-state index in [0.717, 1.165) is 30.3 Å². The van der Waals surface area contributed by atoms with Gasteiger partial charge in [-0.05, 0) is 31.9 Å². The third-order valence-electron chi connectivity index (χ3n) is 4.45. The second-order valence-electron chi connectivity index (χ2n) is 6.16. The van der Waals surface area contributed by atoms with E-state index in [2.05, 4.69) is 15.0 Å². The van der Waals surface area contributed by atoms with Crippen LogP contribution >= 0.6 is 0 Å². The number of aryl methyl sites for hydroxylation is 1.